The molecule has 0 bridgehead atoms. The number of carbonyl (C=O) groups excluding carboxylic acids is 1. The molecule has 0 aliphatic rings. The van der Waals surface area contributed by atoms with E-state index in [2.05, 4.69) is 34.4 Å². The van der Waals surface area contributed by atoms with Crippen LogP contribution in [0.25, 0.3) is 0 Å². The summed E-state index contributed by atoms with van der Waals surface area (Å²) in [6.45, 7) is 2.37. The van der Waals surface area contributed by atoms with Gasteiger partial charge in [-0.1, -0.05) is 18.2 Å². The second kappa shape index (κ2) is 11.0. The Bertz CT molecular complexity index is 729. The van der Waals surface area contributed by atoms with E-state index in [9.17, 15) is 4.79 Å². The molecule has 0 unspecified atom stereocenters. The second-order valence-corrected chi connectivity index (χ2v) is 6.90. The Kier molecular flexibility index (Phi) is 8.39. The van der Waals surface area contributed by atoms with Crippen molar-refractivity contribution in [2.24, 2.45) is 4.99 Å². The van der Waals surface area contributed by atoms with Crippen molar-refractivity contribution in [3.63, 3.8) is 0 Å². The molecule has 1 aromatic heterocycles. The van der Waals surface area contributed by atoms with E-state index in [0.29, 0.717) is 12.5 Å². The zero-order valence-electron chi connectivity index (χ0n) is 17.3. The first kappa shape index (κ1) is 21.3. The van der Waals surface area contributed by atoms with Crippen LogP contribution in [0.3, 0.4) is 0 Å². The van der Waals surface area contributed by atoms with E-state index in [-0.39, 0.29) is 12.5 Å². The predicted octanol–water partition coefficient (Wildman–Crippen LogP) is 2.27. The Morgan fingerprint density at radius 1 is 1.07 bits per heavy atom. The van der Waals surface area contributed by atoms with Gasteiger partial charge in [0.15, 0.2) is 5.96 Å². The molecule has 7 nitrogen and oxygen atoms in total. The fourth-order valence-electron chi connectivity index (χ4n) is 2.63. The van der Waals surface area contributed by atoms with Crippen molar-refractivity contribution in [2.45, 2.75) is 13.0 Å². The molecule has 2 aromatic rings. The predicted molar refractivity (Wildman–Crippen MR) is 114 cm³/mol. The van der Waals surface area contributed by atoms with Gasteiger partial charge in [0.05, 0.1) is 12.8 Å². The van der Waals surface area contributed by atoms with E-state index >= 15 is 0 Å². The molecule has 152 valence electrons. The number of guanidine groups is 1. The molecule has 1 amide bonds. The molecule has 1 aromatic carbocycles. The standard InChI is InChI=1S/C21H31N5O2/c1-24(2)20(27)16-23-21(26(4)17-19-12-8-15-28-19)22-13-9-14-25(3)18-10-6-5-7-11-18/h5-8,10-12,15H,9,13-14,16-17H2,1-4H3,(H,22,23). The van der Waals surface area contributed by atoms with Crippen molar-refractivity contribution in [3.05, 3.63) is 54.5 Å². The second-order valence-electron chi connectivity index (χ2n) is 6.90. The molecule has 0 fully saturated rings. The Morgan fingerprint density at radius 3 is 2.46 bits per heavy atom. The smallest absolute Gasteiger partial charge is 0.243 e. The van der Waals surface area contributed by atoms with Crippen LogP contribution < -0.4 is 10.2 Å². The summed E-state index contributed by atoms with van der Waals surface area (Å²) in [5, 5.41) is 3.37. The number of carbonyl (C=O) groups is 1. The molecule has 0 saturated carbocycles. The van der Waals surface area contributed by atoms with Crippen LogP contribution in [0.2, 0.25) is 0 Å². The summed E-state index contributed by atoms with van der Waals surface area (Å²) in [6, 6.07) is 14.1. The molecule has 0 aliphatic heterocycles. The van der Waals surface area contributed by atoms with E-state index in [4.69, 9.17) is 4.42 Å². The Balaban J connectivity index is 1.89. The third-order valence-electron chi connectivity index (χ3n) is 4.35. The molecule has 0 spiro atoms. The number of anilines is 1. The number of furan rings is 1. The van der Waals surface area contributed by atoms with Crippen molar-refractivity contribution in [2.75, 3.05) is 52.7 Å². The molecule has 2 rings (SSSR count). The quantitative estimate of drug-likeness (QED) is 0.408. The fourth-order valence-corrected chi connectivity index (χ4v) is 2.63. The first-order valence-electron chi connectivity index (χ1n) is 9.45. The van der Waals surface area contributed by atoms with E-state index in [1.165, 1.54) is 5.69 Å². The maximum atomic E-state index is 11.9. The number of nitrogens with zero attached hydrogens (tertiary/aromatic N) is 4. The Hall–Kier alpha value is -2.96. The first-order valence-corrected chi connectivity index (χ1v) is 9.45. The lowest BCUT2D eigenvalue weighted by atomic mass is 10.3. The molecule has 0 radical (unpaired) electrons. The summed E-state index contributed by atoms with van der Waals surface area (Å²) >= 11 is 0. The fraction of sp³-hybridized carbons (Fsp3) is 0.429. The number of hydrogen-bond donors (Lipinski definition) is 1. The maximum absolute atomic E-state index is 11.9. The van der Waals surface area contributed by atoms with Gasteiger partial charge in [-0.3, -0.25) is 4.79 Å². The van der Waals surface area contributed by atoms with Crippen LogP contribution in [0.15, 0.2) is 58.1 Å². The summed E-state index contributed by atoms with van der Waals surface area (Å²) in [5.74, 6) is 1.50. The highest BCUT2D eigenvalue weighted by Gasteiger charge is 2.11. The van der Waals surface area contributed by atoms with Crippen molar-refractivity contribution in [1.82, 2.24) is 15.1 Å². The largest absolute Gasteiger partial charge is 0.467 e. The molecule has 7 heteroatoms. The van der Waals surface area contributed by atoms with E-state index < -0.39 is 0 Å². The molecule has 0 saturated heterocycles. The van der Waals surface area contributed by atoms with Gasteiger partial charge < -0.3 is 24.4 Å². The monoisotopic (exact) mass is 385 g/mol. The minimum atomic E-state index is -0.0329. The van der Waals surface area contributed by atoms with Gasteiger partial charge in [-0.15, -0.1) is 0 Å². The van der Waals surface area contributed by atoms with Crippen molar-refractivity contribution in [1.29, 1.82) is 0 Å². The van der Waals surface area contributed by atoms with E-state index in [1.807, 2.05) is 42.3 Å². The summed E-state index contributed by atoms with van der Waals surface area (Å²) in [7, 11) is 7.49. The highest BCUT2D eigenvalue weighted by atomic mass is 16.3. The molecular weight excluding hydrogens is 354 g/mol. The lowest BCUT2D eigenvalue weighted by Gasteiger charge is -2.23. The lowest BCUT2D eigenvalue weighted by molar-refractivity contribution is -0.127. The minimum absolute atomic E-state index is 0.0329. The molecule has 1 N–H and O–H groups in total. The average Bonchev–Trinajstić information content (AvgIpc) is 3.20. The average molecular weight is 386 g/mol. The summed E-state index contributed by atoms with van der Waals surface area (Å²) in [6.07, 6.45) is 2.60. The summed E-state index contributed by atoms with van der Waals surface area (Å²) < 4.78 is 5.42. The minimum Gasteiger partial charge on any atom is -0.467 e. The highest BCUT2D eigenvalue weighted by Crippen LogP contribution is 2.10. The van der Waals surface area contributed by atoms with Gasteiger partial charge in [-0.25, -0.2) is 4.99 Å². The number of rotatable bonds is 9. The Morgan fingerprint density at radius 2 is 1.82 bits per heavy atom. The van der Waals surface area contributed by atoms with Crippen LogP contribution in [0.5, 0.6) is 0 Å². The van der Waals surface area contributed by atoms with Gasteiger partial charge in [0.25, 0.3) is 0 Å². The molecular formula is C21H31N5O2. The van der Waals surface area contributed by atoms with Crippen LogP contribution in [0, 0.1) is 0 Å². The molecule has 1 heterocycles. The zero-order valence-corrected chi connectivity index (χ0v) is 17.3. The molecule has 0 atom stereocenters. The van der Waals surface area contributed by atoms with Crippen LogP contribution in [-0.4, -0.2) is 69.5 Å². The molecule has 28 heavy (non-hydrogen) atoms. The van der Waals surface area contributed by atoms with Gasteiger partial charge in [0, 0.05) is 47.0 Å². The number of amides is 1. The van der Waals surface area contributed by atoms with Gasteiger partial charge in [-0.05, 0) is 30.7 Å². The molecule has 0 aliphatic carbocycles. The highest BCUT2D eigenvalue weighted by molar-refractivity contribution is 5.84. The topological polar surface area (TPSA) is 64.3 Å². The zero-order chi connectivity index (χ0) is 20.4. The summed E-state index contributed by atoms with van der Waals surface area (Å²) in [5.41, 5.74) is 1.20. The number of para-hydroxylation sites is 1. The van der Waals surface area contributed by atoms with Gasteiger partial charge in [0.2, 0.25) is 5.91 Å². The van der Waals surface area contributed by atoms with Crippen LogP contribution in [0.1, 0.15) is 12.2 Å². The van der Waals surface area contributed by atoms with Crippen molar-refractivity contribution in [3.8, 4) is 0 Å². The van der Waals surface area contributed by atoms with E-state index in [1.54, 1.807) is 25.3 Å². The Labute approximate surface area is 167 Å². The number of likely N-dealkylation sites (N-methyl/N-ethyl adjacent to an activating group) is 1. The van der Waals surface area contributed by atoms with E-state index in [0.717, 1.165) is 25.3 Å². The number of nitrogens with one attached hydrogen (secondary N) is 1. The third kappa shape index (κ3) is 6.98. The lowest BCUT2D eigenvalue weighted by Crippen LogP contribution is -2.40. The van der Waals surface area contributed by atoms with Gasteiger partial charge in [0.1, 0.15) is 12.3 Å². The van der Waals surface area contributed by atoms with Crippen molar-refractivity contribution < 1.29 is 9.21 Å². The van der Waals surface area contributed by atoms with Gasteiger partial charge in [-0.2, -0.15) is 0 Å². The normalized spacial score (nSPS) is 11.2. The van der Waals surface area contributed by atoms with Crippen molar-refractivity contribution >= 4 is 17.6 Å². The summed E-state index contributed by atoms with van der Waals surface area (Å²) in [4.78, 5) is 22.1. The van der Waals surface area contributed by atoms with Crippen LogP contribution >= 0.6 is 0 Å². The first-order chi connectivity index (χ1) is 13.5. The SMILES string of the molecule is CN(C)C(=O)CN=C(NCCCN(C)c1ccccc1)N(C)Cc1ccco1. The number of hydrogen-bond acceptors (Lipinski definition) is 4. The third-order valence-corrected chi connectivity index (χ3v) is 4.35. The van der Waals surface area contributed by atoms with Crippen LogP contribution in [0.4, 0.5) is 5.69 Å². The van der Waals surface area contributed by atoms with Gasteiger partial charge >= 0.3 is 0 Å². The van der Waals surface area contributed by atoms with Crippen LogP contribution in [-0.2, 0) is 11.3 Å². The number of aliphatic imine (C=N–C) groups is 1. The maximum Gasteiger partial charge on any atom is 0.243 e. The number of benzene rings is 1.